The van der Waals surface area contributed by atoms with E-state index in [9.17, 15) is 27.6 Å². The molecule has 0 radical (unpaired) electrons. The zero-order valence-electron chi connectivity index (χ0n) is 18.0. The molecule has 1 aliphatic heterocycles. The van der Waals surface area contributed by atoms with E-state index in [0.29, 0.717) is 32.0 Å². The quantitative estimate of drug-likeness (QED) is 0.667. The molecule has 176 valence electrons. The van der Waals surface area contributed by atoms with Gasteiger partial charge in [-0.25, -0.2) is 4.79 Å². The summed E-state index contributed by atoms with van der Waals surface area (Å²) in [5, 5.41) is 1.56. The second-order valence-electron chi connectivity index (χ2n) is 7.60. The second kappa shape index (κ2) is 10.5. The lowest BCUT2D eigenvalue weighted by Crippen LogP contribution is -2.48. The summed E-state index contributed by atoms with van der Waals surface area (Å²) in [6, 6.07) is 13.5. The fraction of sp³-hybridized carbons (Fsp3) is 0.348. The Hall–Kier alpha value is -3.40. The zero-order valence-corrected chi connectivity index (χ0v) is 18.0. The van der Waals surface area contributed by atoms with Crippen LogP contribution in [0.5, 0.6) is 0 Å². The van der Waals surface area contributed by atoms with Crippen molar-refractivity contribution in [2.75, 3.05) is 37.7 Å². The number of halogens is 3. The first-order chi connectivity index (χ1) is 15.6. The number of morpholine rings is 1. The Labute approximate surface area is 189 Å². The summed E-state index contributed by atoms with van der Waals surface area (Å²) in [4.78, 5) is 39.5. The highest BCUT2D eigenvalue weighted by Crippen LogP contribution is 2.21. The summed E-state index contributed by atoms with van der Waals surface area (Å²) in [7, 11) is 0. The topological polar surface area (TPSA) is 79.0 Å². The number of alkyl halides is 3. The Bertz CT molecular complexity index is 986. The molecule has 1 aliphatic rings. The van der Waals surface area contributed by atoms with Gasteiger partial charge in [0.25, 0.3) is 0 Å². The number of hydrogen-bond donors (Lipinski definition) is 1. The number of nitrogens with zero attached hydrogens (tertiary/aromatic N) is 2. The lowest BCUT2D eigenvalue weighted by molar-refractivity contribution is -0.173. The molecule has 1 saturated heterocycles. The third-order valence-electron chi connectivity index (χ3n) is 5.14. The number of rotatable bonds is 6. The number of anilines is 1. The van der Waals surface area contributed by atoms with Gasteiger partial charge < -0.3 is 15.0 Å². The molecule has 3 amide bonds. The number of nitrogens with one attached hydrogen (secondary N) is 1. The molecule has 0 atom stereocenters. The number of ether oxygens (including phenoxy) is 1. The molecule has 0 spiro atoms. The van der Waals surface area contributed by atoms with Crippen molar-refractivity contribution in [3.05, 3.63) is 65.2 Å². The lowest BCUT2D eigenvalue weighted by Gasteiger charge is -2.33. The van der Waals surface area contributed by atoms with E-state index >= 15 is 0 Å². The van der Waals surface area contributed by atoms with Crippen molar-refractivity contribution < 1.29 is 32.3 Å². The first kappa shape index (κ1) is 24.2. The van der Waals surface area contributed by atoms with Gasteiger partial charge in [0.15, 0.2) is 5.78 Å². The van der Waals surface area contributed by atoms with Gasteiger partial charge in [-0.2, -0.15) is 13.2 Å². The largest absolute Gasteiger partial charge is 0.471 e. The minimum Gasteiger partial charge on any atom is -0.378 e. The minimum absolute atomic E-state index is 0.155. The van der Waals surface area contributed by atoms with E-state index in [1.54, 1.807) is 27.2 Å². The maximum Gasteiger partial charge on any atom is 0.471 e. The summed E-state index contributed by atoms with van der Waals surface area (Å²) in [6.07, 6.45) is -5.05. The molecule has 1 fully saturated rings. The van der Waals surface area contributed by atoms with Crippen molar-refractivity contribution in [1.29, 1.82) is 0 Å². The molecule has 2 aromatic carbocycles. The van der Waals surface area contributed by atoms with Crippen molar-refractivity contribution in [2.45, 2.75) is 19.6 Å². The molecule has 7 nitrogen and oxygen atoms in total. The number of benzene rings is 2. The van der Waals surface area contributed by atoms with E-state index in [1.807, 2.05) is 31.2 Å². The van der Waals surface area contributed by atoms with Gasteiger partial charge in [0.2, 0.25) is 0 Å². The molecule has 1 N–H and O–H groups in total. The van der Waals surface area contributed by atoms with Crippen LogP contribution in [-0.4, -0.2) is 61.6 Å². The number of hydrogen-bond acceptors (Lipinski definition) is 4. The van der Waals surface area contributed by atoms with Gasteiger partial charge in [0, 0.05) is 24.3 Å². The lowest BCUT2D eigenvalue weighted by atomic mass is 10.1. The van der Waals surface area contributed by atoms with Crippen LogP contribution in [0.2, 0.25) is 0 Å². The summed E-state index contributed by atoms with van der Waals surface area (Å²) < 4.78 is 42.1. The van der Waals surface area contributed by atoms with Crippen LogP contribution in [0.25, 0.3) is 0 Å². The number of carbonyl (C=O) groups is 3. The van der Waals surface area contributed by atoms with E-state index in [1.165, 1.54) is 12.1 Å². The van der Waals surface area contributed by atoms with Gasteiger partial charge in [-0.05, 0) is 24.6 Å². The number of amides is 3. The molecule has 0 aromatic heterocycles. The van der Waals surface area contributed by atoms with Crippen molar-refractivity contribution in [3.8, 4) is 0 Å². The standard InChI is InChI=1S/C23H24F3N3O4/c1-16-2-8-19(9-3-16)29(22(32)28-10-12-33-13-11-28)15-17-4-6-18(7-5-17)20(30)14-27-21(31)23(24,25)26/h2-9H,10-15H2,1H3,(H,27,31). The van der Waals surface area contributed by atoms with Crippen LogP contribution in [0.4, 0.5) is 23.7 Å². The highest BCUT2D eigenvalue weighted by molar-refractivity contribution is 5.99. The third kappa shape index (κ3) is 6.55. The van der Waals surface area contributed by atoms with Crippen molar-refractivity contribution in [3.63, 3.8) is 0 Å². The van der Waals surface area contributed by atoms with Crippen LogP contribution in [0, 0.1) is 6.92 Å². The van der Waals surface area contributed by atoms with Crippen LogP contribution >= 0.6 is 0 Å². The summed E-state index contributed by atoms with van der Waals surface area (Å²) in [6.45, 7) is 3.33. The number of ketones is 1. The van der Waals surface area contributed by atoms with Crippen LogP contribution in [0.15, 0.2) is 48.5 Å². The molecule has 2 aromatic rings. The molecular weight excluding hydrogens is 439 g/mol. The molecule has 10 heteroatoms. The maximum atomic E-state index is 13.2. The number of Topliss-reactive ketones (excluding diaryl/α,β-unsaturated/α-hetero) is 1. The minimum atomic E-state index is -5.05. The number of urea groups is 1. The molecule has 1 heterocycles. The van der Waals surface area contributed by atoms with Crippen molar-refractivity contribution in [1.82, 2.24) is 10.2 Å². The Morgan fingerprint density at radius 2 is 1.61 bits per heavy atom. The highest BCUT2D eigenvalue weighted by atomic mass is 19.4. The maximum absolute atomic E-state index is 13.2. The Kier molecular flexibility index (Phi) is 7.70. The van der Waals surface area contributed by atoms with Crippen LogP contribution in [-0.2, 0) is 16.1 Å². The predicted molar refractivity (Wildman–Crippen MR) is 115 cm³/mol. The smallest absolute Gasteiger partial charge is 0.378 e. The van der Waals surface area contributed by atoms with E-state index < -0.39 is 24.4 Å². The average molecular weight is 463 g/mol. The van der Waals surface area contributed by atoms with Gasteiger partial charge >= 0.3 is 18.1 Å². The highest BCUT2D eigenvalue weighted by Gasteiger charge is 2.38. The van der Waals surface area contributed by atoms with Gasteiger partial charge in [-0.15, -0.1) is 0 Å². The van der Waals surface area contributed by atoms with Crippen LogP contribution < -0.4 is 10.2 Å². The van der Waals surface area contributed by atoms with Crippen LogP contribution in [0.1, 0.15) is 21.5 Å². The van der Waals surface area contributed by atoms with E-state index in [2.05, 4.69) is 0 Å². The van der Waals surface area contributed by atoms with Gasteiger partial charge in [-0.1, -0.05) is 42.0 Å². The van der Waals surface area contributed by atoms with Gasteiger partial charge in [-0.3, -0.25) is 14.5 Å². The zero-order chi connectivity index (χ0) is 24.0. The summed E-state index contributed by atoms with van der Waals surface area (Å²) >= 11 is 0. The Balaban J connectivity index is 1.72. The van der Waals surface area contributed by atoms with E-state index in [4.69, 9.17) is 4.74 Å². The third-order valence-corrected chi connectivity index (χ3v) is 5.14. The molecule has 3 rings (SSSR count). The average Bonchev–Trinajstić information content (AvgIpc) is 2.81. The molecule has 33 heavy (non-hydrogen) atoms. The Morgan fingerprint density at radius 1 is 1.00 bits per heavy atom. The monoisotopic (exact) mass is 463 g/mol. The normalized spacial score (nSPS) is 14.0. The first-order valence-corrected chi connectivity index (χ1v) is 10.3. The van der Waals surface area contributed by atoms with E-state index in [-0.39, 0.29) is 18.1 Å². The molecule has 0 saturated carbocycles. The van der Waals surface area contributed by atoms with E-state index in [0.717, 1.165) is 11.1 Å². The second-order valence-corrected chi connectivity index (χ2v) is 7.60. The van der Waals surface area contributed by atoms with Gasteiger partial charge in [0.1, 0.15) is 0 Å². The predicted octanol–water partition coefficient (Wildman–Crippen LogP) is 3.32. The first-order valence-electron chi connectivity index (χ1n) is 10.3. The molecule has 0 bridgehead atoms. The fourth-order valence-corrected chi connectivity index (χ4v) is 3.26. The summed E-state index contributed by atoms with van der Waals surface area (Å²) in [5.41, 5.74) is 2.65. The molecular formula is C23H24F3N3O4. The van der Waals surface area contributed by atoms with Crippen LogP contribution in [0.3, 0.4) is 0 Å². The molecule has 0 aliphatic carbocycles. The van der Waals surface area contributed by atoms with Crippen molar-refractivity contribution >= 4 is 23.4 Å². The Morgan fingerprint density at radius 3 is 2.18 bits per heavy atom. The number of carbonyl (C=O) groups excluding carboxylic acids is 3. The fourth-order valence-electron chi connectivity index (χ4n) is 3.26. The van der Waals surface area contributed by atoms with Gasteiger partial charge in [0.05, 0.1) is 26.3 Å². The summed E-state index contributed by atoms with van der Waals surface area (Å²) in [5.74, 6) is -2.82. The van der Waals surface area contributed by atoms with Crippen molar-refractivity contribution in [2.24, 2.45) is 0 Å². The molecule has 0 unspecified atom stereocenters. The number of aryl methyl sites for hydroxylation is 1. The SMILES string of the molecule is Cc1ccc(N(Cc2ccc(C(=O)CNC(=O)C(F)(F)F)cc2)C(=O)N2CCOCC2)cc1.